The number of carbonyl (C=O) groups is 2. The van der Waals surface area contributed by atoms with Gasteiger partial charge in [-0.25, -0.2) is 4.79 Å². The summed E-state index contributed by atoms with van der Waals surface area (Å²) in [6.07, 6.45) is 4.07. The van der Waals surface area contributed by atoms with E-state index < -0.39 is 5.97 Å². The summed E-state index contributed by atoms with van der Waals surface area (Å²) in [4.78, 5) is 26.5. The van der Waals surface area contributed by atoms with Gasteiger partial charge in [-0.15, -0.1) is 11.3 Å². The van der Waals surface area contributed by atoms with Crippen LogP contribution < -0.4 is 15.4 Å². The maximum absolute atomic E-state index is 12.8. The average molecular weight is 483 g/mol. The molecule has 0 saturated heterocycles. The lowest BCUT2D eigenvalue weighted by molar-refractivity contribution is 0.0733. The fourth-order valence-corrected chi connectivity index (χ4v) is 5.72. The molecular formula is C23H19BrN2O3S. The van der Waals surface area contributed by atoms with E-state index in [1.54, 1.807) is 41.7 Å². The van der Waals surface area contributed by atoms with Crippen molar-refractivity contribution in [3.8, 4) is 5.75 Å². The molecule has 7 heteroatoms. The minimum Gasteiger partial charge on any atom is -0.423 e. The highest BCUT2D eigenvalue weighted by molar-refractivity contribution is 9.10. The molecule has 3 aromatic rings. The number of hydrogen-bond acceptors (Lipinski definition) is 5. The summed E-state index contributed by atoms with van der Waals surface area (Å²) in [5, 5.41) is 7.49. The smallest absolute Gasteiger partial charge is 0.344 e. The third-order valence-corrected chi connectivity index (χ3v) is 7.38. The van der Waals surface area contributed by atoms with Gasteiger partial charge < -0.3 is 15.4 Å². The van der Waals surface area contributed by atoms with Crippen molar-refractivity contribution < 1.29 is 14.3 Å². The predicted molar refractivity (Wildman–Crippen MR) is 120 cm³/mol. The van der Waals surface area contributed by atoms with E-state index in [0.717, 1.165) is 35.4 Å². The number of anilines is 1. The maximum Gasteiger partial charge on any atom is 0.344 e. The summed E-state index contributed by atoms with van der Waals surface area (Å²) in [5.74, 6) is 0.0135. The second kappa shape index (κ2) is 7.89. The van der Waals surface area contributed by atoms with E-state index in [0.29, 0.717) is 15.8 Å². The molecule has 152 valence electrons. The summed E-state index contributed by atoms with van der Waals surface area (Å²) < 4.78 is 6.17. The number of hydrogen-bond donors (Lipinski definition) is 2. The number of amides is 1. The van der Waals surface area contributed by atoms with E-state index in [-0.39, 0.29) is 12.1 Å². The first kappa shape index (κ1) is 19.3. The van der Waals surface area contributed by atoms with Crippen molar-refractivity contribution in [2.45, 2.75) is 31.8 Å². The normalized spacial score (nSPS) is 17.4. The molecule has 0 unspecified atom stereocenters. The van der Waals surface area contributed by atoms with Crippen LogP contribution in [-0.2, 0) is 12.8 Å². The number of halogens is 1. The lowest BCUT2D eigenvalue weighted by Gasteiger charge is -2.27. The van der Waals surface area contributed by atoms with Gasteiger partial charge in [-0.05, 0) is 77.0 Å². The molecule has 0 fully saturated rings. The number of thiophene rings is 1. The average Bonchev–Trinajstić information content (AvgIpc) is 3.13. The van der Waals surface area contributed by atoms with Crippen LogP contribution in [0.25, 0.3) is 0 Å². The summed E-state index contributed by atoms with van der Waals surface area (Å²) in [7, 11) is 0. The fraction of sp³-hybridized carbons (Fsp3) is 0.217. The predicted octanol–water partition coefficient (Wildman–Crippen LogP) is 5.46. The Kier molecular flexibility index (Phi) is 5.08. The van der Waals surface area contributed by atoms with Crippen molar-refractivity contribution in [1.29, 1.82) is 0 Å². The van der Waals surface area contributed by atoms with Crippen LogP contribution in [0.1, 0.15) is 55.7 Å². The minimum absolute atomic E-state index is 0.0161. The lowest BCUT2D eigenvalue weighted by atomic mass is 9.94. The Hall–Kier alpha value is -2.64. The number of fused-ring (bicyclic) bond motifs is 3. The number of ether oxygens (including phenoxy) is 1. The third kappa shape index (κ3) is 3.52. The van der Waals surface area contributed by atoms with E-state index in [9.17, 15) is 9.59 Å². The summed E-state index contributed by atoms with van der Waals surface area (Å²) >= 11 is 5.07. The number of nitrogens with one attached hydrogen (secondary N) is 2. The molecular weight excluding hydrogens is 464 g/mol. The zero-order valence-electron chi connectivity index (χ0n) is 16.0. The molecule has 2 aromatic carbocycles. The Morgan fingerprint density at radius 1 is 1.03 bits per heavy atom. The second-order valence-electron chi connectivity index (χ2n) is 7.40. The van der Waals surface area contributed by atoms with Gasteiger partial charge in [0, 0.05) is 9.35 Å². The maximum atomic E-state index is 12.8. The first-order chi connectivity index (χ1) is 14.6. The Morgan fingerprint density at radius 2 is 1.80 bits per heavy atom. The molecule has 2 heterocycles. The van der Waals surface area contributed by atoms with Crippen LogP contribution >= 0.6 is 27.3 Å². The van der Waals surface area contributed by atoms with Crippen molar-refractivity contribution in [3.05, 3.63) is 80.1 Å². The van der Waals surface area contributed by atoms with Gasteiger partial charge in [0.05, 0.1) is 11.1 Å². The van der Waals surface area contributed by atoms with E-state index in [1.807, 2.05) is 18.2 Å². The fourth-order valence-electron chi connectivity index (χ4n) is 3.96. The van der Waals surface area contributed by atoms with Gasteiger partial charge in [-0.2, -0.15) is 0 Å². The lowest BCUT2D eigenvalue weighted by Crippen LogP contribution is -2.38. The van der Waals surface area contributed by atoms with Crippen LogP contribution in [0.4, 0.5) is 5.00 Å². The van der Waals surface area contributed by atoms with Gasteiger partial charge >= 0.3 is 5.97 Å². The molecule has 1 aliphatic carbocycles. The van der Waals surface area contributed by atoms with Crippen LogP contribution in [0.2, 0.25) is 0 Å². The number of benzene rings is 2. The standard InChI is InChI=1S/C23H19BrN2O3S/c24-17-7-3-1-5-15(17)23(28)29-14-11-9-13(10-12-14)20-25-21(27)19-16-6-2-4-8-18(16)30-22(19)26-20/h1,3,5,7,9-12,20,26H,2,4,6,8H2,(H,25,27)/t20-/m1/s1. The van der Waals surface area contributed by atoms with Crippen molar-refractivity contribution in [3.63, 3.8) is 0 Å². The largest absolute Gasteiger partial charge is 0.423 e. The molecule has 1 atom stereocenters. The second-order valence-corrected chi connectivity index (χ2v) is 9.36. The summed E-state index contributed by atoms with van der Waals surface area (Å²) in [6, 6.07) is 14.3. The van der Waals surface area contributed by atoms with Gasteiger partial charge in [0.1, 0.15) is 16.9 Å². The molecule has 5 nitrogen and oxygen atoms in total. The van der Waals surface area contributed by atoms with Crippen LogP contribution in [-0.4, -0.2) is 11.9 Å². The van der Waals surface area contributed by atoms with Crippen LogP contribution in [0.3, 0.4) is 0 Å². The van der Waals surface area contributed by atoms with E-state index >= 15 is 0 Å². The Bertz CT molecular complexity index is 1140. The third-order valence-electron chi connectivity index (χ3n) is 5.47. The zero-order chi connectivity index (χ0) is 20.7. The molecule has 0 radical (unpaired) electrons. The molecule has 0 saturated carbocycles. The zero-order valence-corrected chi connectivity index (χ0v) is 18.4. The summed E-state index contributed by atoms with van der Waals surface area (Å²) in [5.41, 5.74) is 3.42. The Labute approximate surface area is 186 Å². The van der Waals surface area contributed by atoms with Gasteiger partial charge in [-0.1, -0.05) is 24.3 Å². The molecule has 0 spiro atoms. The summed E-state index contributed by atoms with van der Waals surface area (Å²) in [6.45, 7) is 0. The molecule has 5 rings (SSSR count). The molecule has 0 bridgehead atoms. The minimum atomic E-state index is -0.423. The highest BCUT2D eigenvalue weighted by Gasteiger charge is 2.31. The highest BCUT2D eigenvalue weighted by Crippen LogP contribution is 2.41. The van der Waals surface area contributed by atoms with Gasteiger partial charge in [0.15, 0.2) is 0 Å². The molecule has 1 aromatic heterocycles. The number of aryl methyl sites for hydroxylation is 1. The van der Waals surface area contributed by atoms with Crippen molar-refractivity contribution in [2.75, 3.05) is 5.32 Å². The van der Waals surface area contributed by atoms with E-state index in [1.165, 1.54) is 16.9 Å². The molecule has 2 aliphatic rings. The van der Waals surface area contributed by atoms with Crippen molar-refractivity contribution >= 4 is 44.1 Å². The van der Waals surface area contributed by atoms with Gasteiger partial charge in [0.25, 0.3) is 5.91 Å². The molecule has 1 amide bonds. The first-order valence-corrected chi connectivity index (χ1v) is 11.5. The SMILES string of the molecule is O=C(Oc1ccc([C@@H]2NC(=O)c3c(sc4c3CCCC4)N2)cc1)c1ccccc1Br. The quantitative estimate of drug-likeness (QED) is 0.384. The number of rotatable bonds is 3. The first-order valence-electron chi connectivity index (χ1n) is 9.89. The van der Waals surface area contributed by atoms with Crippen LogP contribution in [0.5, 0.6) is 5.75 Å². The van der Waals surface area contributed by atoms with Crippen molar-refractivity contribution in [1.82, 2.24) is 5.32 Å². The number of carbonyl (C=O) groups excluding carboxylic acids is 2. The highest BCUT2D eigenvalue weighted by atomic mass is 79.9. The Balaban J connectivity index is 1.33. The molecule has 1 aliphatic heterocycles. The molecule has 30 heavy (non-hydrogen) atoms. The van der Waals surface area contributed by atoms with Crippen LogP contribution in [0, 0.1) is 0 Å². The van der Waals surface area contributed by atoms with Crippen molar-refractivity contribution in [2.24, 2.45) is 0 Å². The van der Waals surface area contributed by atoms with E-state index in [2.05, 4.69) is 26.6 Å². The van der Waals surface area contributed by atoms with Gasteiger partial charge in [0.2, 0.25) is 0 Å². The monoisotopic (exact) mass is 482 g/mol. The van der Waals surface area contributed by atoms with Gasteiger partial charge in [-0.3, -0.25) is 4.79 Å². The topological polar surface area (TPSA) is 67.4 Å². The van der Waals surface area contributed by atoms with Crippen LogP contribution in [0.15, 0.2) is 53.0 Å². The van der Waals surface area contributed by atoms with E-state index in [4.69, 9.17) is 4.74 Å². The number of esters is 1. The molecule has 2 N–H and O–H groups in total. The Morgan fingerprint density at radius 3 is 2.60 bits per heavy atom.